The van der Waals surface area contributed by atoms with E-state index in [0.717, 1.165) is 5.82 Å². The second kappa shape index (κ2) is 7.59. The number of benzene rings is 1. The number of anilines is 1. The van der Waals surface area contributed by atoms with Gasteiger partial charge in [0, 0.05) is 11.6 Å². The van der Waals surface area contributed by atoms with E-state index in [2.05, 4.69) is 17.3 Å². The molecule has 0 bridgehead atoms. The maximum Gasteiger partial charge on any atom is 0.256 e. The van der Waals surface area contributed by atoms with Gasteiger partial charge in [-0.1, -0.05) is 0 Å². The van der Waals surface area contributed by atoms with Crippen LogP contribution in [0.1, 0.15) is 50.0 Å². The van der Waals surface area contributed by atoms with E-state index in [-0.39, 0.29) is 5.91 Å². The van der Waals surface area contributed by atoms with Gasteiger partial charge in [0.15, 0.2) is 11.5 Å². The fourth-order valence-corrected chi connectivity index (χ4v) is 2.90. The maximum atomic E-state index is 12.6. The summed E-state index contributed by atoms with van der Waals surface area (Å²) in [7, 11) is 0. The van der Waals surface area contributed by atoms with Gasteiger partial charge < -0.3 is 14.8 Å². The quantitative estimate of drug-likeness (QED) is 0.789. The molecule has 2 aromatic rings. The molecule has 3 rings (SSSR count). The lowest BCUT2D eigenvalue weighted by molar-refractivity contribution is 0.102. The van der Waals surface area contributed by atoms with Crippen LogP contribution in [0.2, 0.25) is 0 Å². The van der Waals surface area contributed by atoms with Gasteiger partial charge in [0.2, 0.25) is 0 Å². The summed E-state index contributed by atoms with van der Waals surface area (Å²) in [5.41, 5.74) is 0.527. The van der Waals surface area contributed by atoms with Crippen LogP contribution in [0.25, 0.3) is 0 Å². The summed E-state index contributed by atoms with van der Waals surface area (Å²) >= 11 is 0. The molecular formula is C19H25N3O3. The third-order valence-corrected chi connectivity index (χ3v) is 4.41. The zero-order chi connectivity index (χ0) is 17.8. The van der Waals surface area contributed by atoms with Crippen molar-refractivity contribution < 1.29 is 14.3 Å². The molecule has 6 heteroatoms. The molecule has 6 nitrogen and oxygen atoms in total. The van der Waals surface area contributed by atoms with Crippen molar-refractivity contribution in [2.45, 2.75) is 39.7 Å². The van der Waals surface area contributed by atoms with Crippen molar-refractivity contribution in [2.75, 3.05) is 18.5 Å². The van der Waals surface area contributed by atoms with E-state index in [1.807, 2.05) is 24.6 Å². The van der Waals surface area contributed by atoms with E-state index in [1.54, 1.807) is 24.4 Å². The van der Waals surface area contributed by atoms with Gasteiger partial charge in [-0.25, -0.2) is 4.68 Å². The van der Waals surface area contributed by atoms with Crippen LogP contribution in [0.4, 0.5) is 5.82 Å². The minimum Gasteiger partial charge on any atom is -0.490 e. The van der Waals surface area contributed by atoms with Crippen molar-refractivity contribution in [1.29, 1.82) is 0 Å². The van der Waals surface area contributed by atoms with Crippen LogP contribution in [-0.4, -0.2) is 28.9 Å². The number of hydrogen-bond donors (Lipinski definition) is 1. The molecule has 0 radical (unpaired) electrons. The van der Waals surface area contributed by atoms with E-state index in [1.165, 1.54) is 12.8 Å². The van der Waals surface area contributed by atoms with E-state index >= 15 is 0 Å². The average molecular weight is 343 g/mol. The summed E-state index contributed by atoms with van der Waals surface area (Å²) in [5, 5.41) is 7.32. The highest BCUT2D eigenvalue weighted by Gasteiger charge is 2.30. The Labute approximate surface area is 148 Å². The van der Waals surface area contributed by atoms with E-state index in [9.17, 15) is 4.79 Å². The zero-order valence-electron chi connectivity index (χ0n) is 15.0. The summed E-state index contributed by atoms with van der Waals surface area (Å²) in [4.78, 5) is 12.6. The first-order chi connectivity index (χ1) is 12.1. The largest absolute Gasteiger partial charge is 0.490 e. The molecular weight excluding hydrogens is 318 g/mol. The topological polar surface area (TPSA) is 65.4 Å². The maximum absolute atomic E-state index is 12.6. The standard InChI is InChI=1S/C19H25N3O3/c1-4-24-16-9-8-15(12-17(16)25-5-2)19(23)21-18-10-11-20-22(18)13(3)14-6-7-14/h8-14H,4-7H2,1-3H3,(H,21,23)/t13-/m1/s1. The average Bonchev–Trinajstić information content (AvgIpc) is 3.36. The van der Waals surface area contributed by atoms with Crippen molar-refractivity contribution in [3.63, 3.8) is 0 Å². The van der Waals surface area contributed by atoms with Gasteiger partial charge in [-0.05, 0) is 57.7 Å². The number of hydrogen-bond acceptors (Lipinski definition) is 4. The Balaban J connectivity index is 1.77. The summed E-state index contributed by atoms with van der Waals surface area (Å²) in [6.45, 7) is 7.02. The number of carbonyl (C=O) groups excluding carboxylic acids is 1. The van der Waals surface area contributed by atoms with Gasteiger partial charge >= 0.3 is 0 Å². The second-order valence-electron chi connectivity index (χ2n) is 6.22. The second-order valence-corrected chi connectivity index (χ2v) is 6.22. The molecule has 1 amide bonds. The van der Waals surface area contributed by atoms with Crippen molar-refractivity contribution in [3.05, 3.63) is 36.0 Å². The molecule has 1 fully saturated rings. The molecule has 0 unspecified atom stereocenters. The minimum absolute atomic E-state index is 0.186. The number of nitrogens with zero attached hydrogens (tertiary/aromatic N) is 2. The van der Waals surface area contributed by atoms with E-state index in [0.29, 0.717) is 42.2 Å². The smallest absolute Gasteiger partial charge is 0.256 e. The summed E-state index contributed by atoms with van der Waals surface area (Å²) in [6, 6.07) is 7.36. The molecule has 0 aliphatic heterocycles. The Morgan fingerprint density at radius 2 is 1.96 bits per heavy atom. The molecule has 1 atom stereocenters. The van der Waals surface area contributed by atoms with Crippen molar-refractivity contribution in [3.8, 4) is 11.5 Å². The molecule has 0 spiro atoms. The lowest BCUT2D eigenvalue weighted by atomic mass is 10.2. The summed E-state index contributed by atoms with van der Waals surface area (Å²) in [6.07, 6.45) is 4.17. The molecule has 1 saturated carbocycles. The van der Waals surface area contributed by atoms with Crippen LogP contribution in [0, 0.1) is 5.92 Å². The molecule has 0 saturated heterocycles. The first-order valence-electron chi connectivity index (χ1n) is 8.88. The summed E-state index contributed by atoms with van der Waals surface area (Å²) in [5.74, 6) is 2.42. The normalized spacial score (nSPS) is 14.8. The first kappa shape index (κ1) is 17.3. The molecule has 1 heterocycles. The van der Waals surface area contributed by atoms with Crippen molar-refractivity contribution >= 4 is 11.7 Å². The molecule has 1 aromatic carbocycles. The number of aromatic nitrogens is 2. The van der Waals surface area contributed by atoms with Gasteiger partial charge in [0.1, 0.15) is 5.82 Å². The zero-order valence-corrected chi connectivity index (χ0v) is 15.0. The van der Waals surface area contributed by atoms with Crippen LogP contribution in [0.15, 0.2) is 30.5 Å². The van der Waals surface area contributed by atoms with Crippen LogP contribution < -0.4 is 14.8 Å². The molecule has 25 heavy (non-hydrogen) atoms. The van der Waals surface area contributed by atoms with Crippen LogP contribution in [0.5, 0.6) is 11.5 Å². The Hall–Kier alpha value is -2.50. The van der Waals surface area contributed by atoms with Crippen molar-refractivity contribution in [2.24, 2.45) is 5.92 Å². The van der Waals surface area contributed by atoms with Gasteiger partial charge in [-0.15, -0.1) is 0 Å². The Kier molecular flexibility index (Phi) is 5.26. The highest BCUT2D eigenvalue weighted by molar-refractivity contribution is 6.04. The first-order valence-corrected chi connectivity index (χ1v) is 8.88. The highest BCUT2D eigenvalue weighted by atomic mass is 16.5. The number of ether oxygens (including phenoxy) is 2. The highest BCUT2D eigenvalue weighted by Crippen LogP contribution is 2.40. The lowest BCUT2D eigenvalue weighted by Gasteiger charge is -2.16. The van der Waals surface area contributed by atoms with Gasteiger partial charge in [0.25, 0.3) is 5.91 Å². The number of nitrogens with one attached hydrogen (secondary N) is 1. The fourth-order valence-electron chi connectivity index (χ4n) is 2.90. The predicted molar refractivity (Wildman–Crippen MR) is 96.4 cm³/mol. The molecule has 134 valence electrons. The fraction of sp³-hybridized carbons (Fsp3) is 0.474. The van der Waals surface area contributed by atoms with Gasteiger partial charge in [0.05, 0.1) is 25.5 Å². The third kappa shape index (κ3) is 3.95. The Bertz CT molecular complexity index is 737. The molecule has 1 aliphatic carbocycles. The Morgan fingerprint density at radius 1 is 1.24 bits per heavy atom. The van der Waals surface area contributed by atoms with Gasteiger partial charge in [-0.3, -0.25) is 4.79 Å². The molecule has 1 aromatic heterocycles. The van der Waals surface area contributed by atoms with Crippen LogP contribution in [-0.2, 0) is 0 Å². The predicted octanol–water partition coefficient (Wildman–Crippen LogP) is 3.90. The van der Waals surface area contributed by atoms with Crippen molar-refractivity contribution in [1.82, 2.24) is 9.78 Å². The monoisotopic (exact) mass is 343 g/mol. The number of amides is 1. The van der Waals surface area contributed by atoms with E-state index in [4.69, 9.17) is 9.47 Å². The SMILES string of the molecule is CCOc1ccc(C(=O)Nc2ccnn2[C@H](C)C2CC2)cc1OCC. The number of carbonyl (C=O) groups is 1. The number of rotatable bonds is 8. The van der Waals surface area contributed by atoms with Gasteiger partial charge in [-0.2, -0.15) is 5.10 Å². The minimum atomic E-state index is -0.186. The molecule has 1 aliphatic rings. The molecule has 1 N–H and O–H groups in total. The third-order valence-electron chi connectivity index (χ3n) is 4.41. The Morgan fingerprint density at radius 3 is 2.64 bits per heavy atom. The van der Waals surface area contributed by atoms with Crippen LogP contribution >= 0.6 is 0 Å². The lowest BCUT2D eigenvalue weighted by Crippen LogP contribution is -2.18. The van der Waals surface area contributed by atoms with Crippen LogP contribution in [0.3, 0.4) is 0 Å². The van der Waals surface area contributed by atoms with E-state index < -0.39 is 0 Å². The summed E-state index contributed by atoms with van der Waals surface area (Å²) < 4.78 is 13.0.